The third-order valence-corrected chi connectivity index (χ3v) is 11.4. The molecule has 2 saturated heterocycles. The first-order valence-electron chi connectivity index (χ1n) is 13.4. The highest BCUT2D eigenvalue weighted by Crippen LogP contribution is 2.58. The minimum atomic E-state index is -4.76. The average Bonchev–Trinajstić information content (AvgIpc) is 3.62. The topological polar surface area (TPSA) is 279 Å². The van der Waals surface area contributed by atoms with Gasteiger partial charge in [-0.3, -0.25) is 23.4 Å². The highest BCUT2D eigenvalue weighted by atomic mass is 31.2. The number of hydrogen-bond donors (Lipinski definition) is 7. The number of nitrogen functional groups attached to an aromatic ring is 1. The molecule has 0 bridgehead atoms. The van der Waals surface area contributed by atoms with Gasteiger partial charge in [-0.05, 0) is 17.7 Å². The van der Waals surface area contributed by atoms with Gasteiger partial charge >= 0.3 is 15.2 Å². The van der Waals surface area contributed by atoms with E-state index in [1.54, 1.807) is 24.3 Å². The molecule has 18 nitrogen and oxygen atoms in total. The van der Waals surface area contributed by atoms with Gasteiger partial charge in [0.25, 0.3) is 0 Å². The molecule has 20 heteroatoms. The molecule has 2 aliphatic rings. The molecule has 9 N–H and O–H groups in total. The molecule has 4 heterocycles. The third-order valence-electron chi connectivity index (χ3n) is 7.39. The number of carbonyl (C=O) groups is 1. The van der Waals surface area contributed by atoms with E-state index in [1.807, 2.05) is 4.90 Å². The zero-order chi connectivity index (χ0) is 31.8. The SMILES string of the molecule is NC(=O)c1cccc(CN2C[C@H](COP(=O)(O)CP(=O)(O)OC[C@H]3O[C@@H](n4cnc5c(N)ncnc54)[C@H](O)[C@@H]3O)[C@@H](O)C2)c1. The van der Waals surface area contributed by atoms with Gasteiger partial charge in [-0.15, -0.1) is 0 Å². The molecule has 8 atom stereocenters. The maximum atomic E-state index is 12.7. The number of primary amides is 1. The minimum absolute atomic E-state index is 0.0886. The molecule has 2 aliphatic heterocycles. The molecule has 2 unspecified atom stereocenters. The van der Waals surface area contributed by atoms with E-state index in [4.69, 9.17) is 25.3 Å². The van der Waals surface area contributed by atoms with E-state index >= 15 is 0 Å². The number of imidazole rings is 1. The van der Waals surface area contributed by atoms with Crippen LogP contribution in [0.15, 0.2) is 36.9 Å². The van der Waals surface area contributed by atoms with Crippen molar-refractivity contribution in [1.29, 1.82) is 0 Å². The number of ether oxygens (including phenoxy) is 1. The van der Waals surface area contributed by atoms with E-state index in [0.29, 0.717) is 18.7 Å². The summed E-state index contributed by atoms with van der Waals surface area (Å²) in [5.41, 5.74) is 12.7. The van der Waals surface area contributed by atoms with Crippen molar-refractivity contribution in [3.05, 3.63) is 48.0 Å². The summed E-state index contributed by atoms with van der Waals surface area (Å²) in [6.45, 7) is -0.176. The number of aliphatic hydroxyl groups is 3. The second kappa shape index (κ2) is 12.9. The number of benzene rings is 1. The predicted molar refractivity (Wildman–Crippen MR) is 152 cm³/mol. The second-order valence-corrected chi connectivity index (χ2v) is 14.9. The quantitative estimate of drug-likeness (QED) is 0.115. The van der Waals surface area contributed by atoms with Crippen molar-refractivity contribution in [3.8, 4) is 0 Å². The molecule has 44 heavy (non-hydrogen) atoms. The van der Waals surface area contributed by atoms with Crippen LogP contribution >= 0.6 is 15.2 Å². The summed E-state index contributed by atoms with van der Waals surface area (Å²) in [4.78, 5) is 45.8. The number of rotatable bonds is 12. The van der Waals surface area contributed by atoms with Gasteiger partial charge in [-0.2, -0.15) is 0 Å². The van der Waals surface area contributed by atoms with Crippen LogP contribution in [0.2, 0.25) is 0 Å². The van der Waals surface area contributed by atoms with Crippen LogP contribution in [-0.2, 0) is 29.5 Å². The van der Waals surface area contributed by atoms with E-state index in [2.05, 4.69) is 15.0 Å². The second-order valence-electron chi connectivity index (χ2n) is 10.7. The van der Waals surface area contributed by atoms with Crippen molar-refractivity contribution in [2.45, 2.75) is 37.2 Å². The third kappa shape index (κ3) is 7.33. The number of aliphatic hydroxyl groups excluding tert-OH is 3. The Hall–Kier alpha value is -2.86. The Balaban J connectivity index is 1.12. The molecule has 0 spiro atoms. The van der Waals surface area contributed by atoms with Crippen LogP contribution in [0, 0.1) is 5.92 Å². The number of nitrogens with zero attached hydrogens (tertiary/aromatic N) is 5. The van der Waals surface area contributed by atoms with Crippen molar-refractivity contribution in [2.24, 2.45) is 11.7 Å². The van der Waals surface area contributed by atoms with Gasteiger partial charge in [-0.25, -0.2) is 15.0 Å². The summed E-state index contributed by atoms with van der Waals surface area (Å²) >= 11 is 0. The molecule has 240 valence electrons. The molecule has 0 saturated carbocycles. The Morgan fingerprint density at radius 3 is 2.50 bits per heavy atom. The van der Waals surface area contributed by atoms with Gasteiger partial charge in [0.05, 0.1) is 25.6 Å². The molecule has 5 rings (SSSR count). The average molecular weight is 658 g/mol. The summed E-state index contributed by atoms with van der Waals surface area (Å²) in [6.07, 6.45) is -4.00. The number of β-amino-alcohol motifs (C(OH)–C–C–N with tert-alkyl or cyclic N) is 1. The Bertz CT molecular complexity index is 1610. The minimum Gasteiger partial charge on any atom is -0.391 e. The van der Waals surface area contributed by atoms with Crippen molar-refractivity contribution in [3.63, 3.8) is 0 Å². The van der Waals surface area contributed by atoms with Gasteiger partial charge in [0.1, 0.15) is 30.2 Å². The van der Waals surface area contributed by atoms with Crippen molar-refractivity contribution < 1.29 is 52.8 Å². The Morgan fingerprint density at radius 1 is 1.05 bits per heavy atom. The van der Waals surface area contributed by atoms with Crippen LogP contribution in [0.1, 0.15) is 22.1 Å². The van der Waals surface area contributed by atoms with Gasteiger partial charge in [0, 0.05) is 31.1 Å². The molecule has 0 radical (unpaired) electrons. The molecule has 3 aromatic rings. The summed E-state index contributed by atoms with van der Waals surface area (Å²) in [6, 6.07) is 6.71. The summed E-state index contributed by atoms with van der Waals surface area (Å²) < 4.78 is 42.4. The normalized spacial score (nSPS) is 28.7. The number of aromatic nitrogens is 4. The highest BCUT2D eigenvalue weighted by Gasteiger charge is 2.46. The fourth-order valence-corrected chi connectivity index (χ4v) is 8.44. The van der Waals surface area contributed by atoms with Gasteiger partial charge < -0.3 is 50.4 Å². The van der Waals surface area contributed by atoms with Crippen LogP contribution < -0.4 is 11.5 Å². The van der Waals surface area contributed by atoms with Gasteiger partial charge in [-0.1, -0.05) is 12.1 Å². The number of carbonyl (C=O) groups excluding carboxylic acids is 1. The van der Waals surface area contributed by atoms with Gasteiger partial charge in [0.2, 0.25) is 5.91 Å². The number of fused-ring (bicyclic) bond motifs is 1. The number of likely N-dealkylation sites (tertiary alicyclic amines) is 1. The number of anilines is 1. The lowest BCUT2D eigenvalue weighted by atomic mass is 10.1. The van der Waals surface area contributed by atoms with E-state index in [9.17, 15) is 39.0 Å². The first-order chi connectivity index (χ1) is 20.7. The Labute approximate surface area is 250 Å². The monoisotopic (exact) mass is 657 g/mol. The molecule has 0 aliphatic carbocycles. The van der Waals surface area contributed by atoms with E-state index in [1.165, 1.54) is 17.2 Å². The molecule has 1 aromatic carbocycles. The van der Waals surface area contributed by atoms with Crippen molar-refractivity contribution in [2.75, 3.05) is 37.9 Å². The fourth-order valence-electron chi connectivity index (χ4n) is 5.18. The van der Waals surface area contributed by atoms with E-state index in [0.717, 1.165) is 5.56 Å². The molecule has 1 amide bonds. The fraction of sp³-hybridized carbons (Fsp3) is 0.500. The smallest absolute Gasteiger partial charge is 0.340 e. The first-order valence-corrected chi connectivity index (χ1v) is 16.9. The van der Waals surface area contributed by atoms with Crippen LogP contribution in [0.5, 0.6) is 0 Å². The van der Waals surface area contributed by atoms with Crippen LogP contribution in [0.3, 0.4) is 0 Å². The molecular formula is C24H33N7O11P2. The Kier molecular flexibility index (Phi) is 9.51. The van der Waals surface area contributed by atoms with Gasteiger partial charge in [0.15, 0.2) is 23.6 Å². The zero-order valence-electron chi connectivity index (χ0n) is 23.1. The first kappa shape index (κ1) is 32.5. The maximum Gasteiger partial charge on any atom is 0.340 e. The predicted octanol–water partition coefficient (Wildman–Crippen LogP) is -1.02. The summed E-state index contributed by atoms with van der Waals surface area (Å²) in [5, 5.41) is 31.5. The van der Waals surface area contributed by atoms with Crippen molar-refractivity contribution >= 4 is 38.1 Å². The summed E-state index contributed by atoms with van der Waals surface area (Å²) in [5.74, 6) is -2.31. The standard InChI is InChI=1S/C24H33N7O11P2/c25-21-18-23(28-10-27-21)31(11-29-18)24-20(34)19(33)17(42-24)9-41-44(38,39)12-43(36,37)40-8-15-6-30(7-16(15)32)5-13-2-1-3-14(4-13)22(26)35/h1-4,10-11,15-17,19-20,24,32-34H,5-9,12H2,(H2,26,35)(H,36,37)(H,38,39)(H2,25,27,28)/t15-,16+,17-,19-,20-,24-/m1/s1. The summed E-state index contributed by atoms with van der Waals surface area (Å²) in [7, 11) is -9.44. The number of amides is 1. The maximum absolute atomic E-state index is 12.7. The number of hydrogen-bond acceptors (Lipinski definition) is 14. The lowest BCUT2D eigenvalue weighted by molar-refractivity contribution is -0.0483. The van der Waals surface area contributed by atoms with Crippen LogP contribution in [-0.4, -0.2) is 112 Å². The zero-order valence-corrected chi connectivity index (χ0v) is 24.9. The van der Waals surface area contributed by atoms with Crippen molar-refractivity contribution in [1.82, 2.24) is 24.4 Å². The van der Waals surface area contributed by atoms with E-state index < -0.39 is 70.2 Å². The van der Waals surface area contributed by atoms with Crippen LogP contribution in [0.4, 0.5) is 5.82 Å². The molecular weight excluding hydrogens is 624 g/mol. The number of nitrogens with two attached hydrogens (primary N) is 2. The largest absolute Gasteiger partial charge is 0.391 e. The lowest BCUT2D eigenvalue weighted by Gasteiger charge is -2.21. The highest BCUT2D eigenvalue weighted by molar-refractivity contribution is 7.70. The molecule has 2 aromatic heterocycles. The van der Waals surface area contributed by atoms with Crippen LogP contribution in [0.25, 0.3) is 11.2 Å². The van der Waals surface area contributed by atoms with E-state index in [-0.39, 0.29) is 30.1 Å². The molecule has 2 fully saturated rings. The lowest BCUT2D eigenvalue weighted by Crippen LogP contribution is -2.33. The Morgan fingerprint density at radius 2 is 1.77 bits per heavy atom.